The van der Waals surface area contributed by atoms with Crippen LogP contribution < -0.4 is 11.3 Å². The Kier molecular flexibility index (Phi) is 3.82. The van der Waals surface area contributed by atoms with Crippen LogP contribution >= 0.6 is 0 Å². The molecule has 1 unspecified atom stereocenters. The molecule has 1 aliphatic heterocycles. The predicted molar refractivity (Wildman–Crippen MR) is 80.0 cm³/mol. The maximum atomic E-state index is 9.22. The Labute approximate surface area is 118 Å². The van der Waals surface area contributed by atoms with Gasteiger partial charge in [-0.1, -0.05) is 18.2 Å². The van der Waals surface area contributed by atoms with Crippen LogP contribution in [-0.4, -0.2) is 34.7 Å². The number of hydrogen-bond acceptors (Lipinski definition) is 5. The van der Waals surface area contributed by atoms with Crippen molar-refractivity contribution < 1.29 is 5.11 Å². The lowest BCUT2D eigenvalue weighted by Gasteiger charge is -2.18. The normalized spacial score (nSPS) is 19.6. The summed E-state index contributed by atoms with van der Waals surface area (Å²) in [6.07, 6.45) is 1.06. The van der Waals surface area contributed by atoms with Gasteiger partial charge in [-0.3, -0.25) is 4.90 Å². The van der Waals surface area contributed by atoms with Crippen LogP contribution in [0.1, 0.15) is 12.0 Å². The highest BCUT2D eigenvalue weighted by Crippen LogP contribution is 2.24. The van der Waals surface area contributed by atoms with Crippen LogP contribution in [0.3, 0.4) is 0 Å². The zero-order valence-electron chi connectivity index (χ0n) is 11.4. The predicted octanol–water partition coefficient (Wildman–Crippen LogP) is 1.33. The van der Waals surface area contributed by atoms with E-state index in [1.807, 2.05) is 18.2 Å². The van der Waals surface area contributed by atoms with Crippen LogP contribution in [0.5, 0.6) is 0 Å². The summed E-state index contributed by atoms with van der Waals surface area (Å²) in [5, 5.41) is 10.3. The number of nitrogens with one attached hydrogen (secondary N) is 1. The summed E-state index contributed by atoms with van der Waals surface area (Å²) >= 11 is 0. The lowest BCUT2D eigenvalue weighted by molar-refractivity contribution is 0.220. The lowest BCUT2D eigenvalue weighted by Crippen LogP contribution is -2.22. The number of aliphatic hydroxyl groups excluding tert-OH is 1. The number of nitrogens with zero attached hydrogens (tertiary/aromatic N) is 2. The molecule has 1 aromatic heterocycles. The summed E-state index contributed by atoms with van der Waals surface area (Å²) in [4.78, 5) is 6.90. The second-order valence-corrected chi connectivity index (χ2v) is 5.41. The van der Waals surface area contributed by atoms with Crippen molar-refractivity contribution in [3.8, 4) is 0 Å². The third kappa shape index (κ3) is 2.60. The first-order valence-corrected chi connectivity index (χ1v) is 6.98. The summed E-state index contributed by atoms with van der Waals surface area (Å²) in [7, 11) is 0. The van der Waals surface area contributed by atoms with Gasteiger partial charge in [-0.25, -0.2) is 10.8 Å². The molecule has 20 heavy (non-hydrogen) atoms. The van der Waals surface area contributed by atoms with E-state index in [0.717, 1.165) is 48.3 Å². The van der Waals surface area contributed by atoms with Gasteiger partial charge in [0.15, 0.2) is 0 Å². The Morgan fingerprint density at radius 2 is 2.25 bits per heavy atom. The number of nitrogen functional groups attached to an aromatic ring is 1. The van der Waals surface area contributed by atoms with E-state index in [2.05, 4.69) is 27.4 Å². The molecule has 1 aromatic carbocycles. The first-order valence-electron chi connectivity index (χ1n) is 6.98. The molecule has 1 aliphatic rings. The minimum Gasteiger partial charge on any atom is -0.396 e. The molecule has 0 amide bonds. The highest BCUT2D eigenvalue weighted by atomic mass is 16.3. The van der Waals surface area contributed by atoms with Gasteiger partial charge < -0.3 is 10.5 Å². The largest absolute Gasteiger partial charge is 0.396 e. The van der Waals surface area contributed by atoms with Gasteiger partial charge in [0, 0.05) is 30.6 Å². The van der Waals surface area contributed by atoms with Crippen LogP contribution in [0.25, 0.3) is 10.9 Å². The van der Waals surface area contributed by atoms with Gasteiger partial charge in [-0.05, 0) is 31.0 Å². The number of para-hydroxylation sites is 1. The summed E-state index contributed by atoms with van der Waals surface area (Å²) in [5.74, 6) is 6.73. The number of hydrogen-bond donors (Lipinski definition) is 3. The zero-order valence-corrected chi connectivity index (χ0v) is 11.4. The van der Waals surface area contributed by atoms with Crippen LogP contribution in [-0.2, 0) is 6.54 Å². The van der Waals surface area contributed by atoms with Crippen LogP contribution in [0.15, 0.2) is 30.3 Å². The SMILES string of the molecule is NNc1nc2ccccc2cc1CN1CCC(CO)C1. The Hall–Kier alpha value is -1.69. The van der Waals surface area contributed by atoms with E-state index >= 15 is 0 Å². The zero-order chi connectivity index (χ0) is 13.9. The smallest absolute Gasteiger partial charge is 0.145 e. The maximum absolute atomic E-state index is 9.22. The van der Waals surface area contributed by atoms with Crippen molar-refractivity contribution in [1.82, 2.24) is 9.88 Å². The van der Waals surface area contributed by atoms with Gasteiger partial charge in [0.25, 0.3) is 0 Å². The molecule has 0 radical (unpaired) electrons. The van der Waals surface area contributed by atoms with E-state index in [1.165, 1.54) is 0 Å². The molecule has 5 nitrogen and oxygen atoms in total. The van der Waals surface area contributed by atoms with Crippen LogP contribution in [0.2, 0.25) is 0 Å². The number of likely N-dealkylation sites (tertiary alicyclic amines) is 1. The number of nitrogens with two attached hydrogens (primary N) is 1. The van der Waals surface area contributed by atoms with Gasteiger partial charge in [0.05, 0.1) is 5.52 Å². The van der Waals surface area contributed by atoms with Crippen molar-refractivity contribution in [2.75, 3.05) is 25.1 Å². The minimum absolute atomic E-state index is 0.272. The van der Waals surface area contributed by atoms with Crippen molar-refractivity contribution in [1.29, 1.82) is 0 Å². The Balaban J connectivity index is 1.86. The van der Waals surface area contributed by atoms with Gasteiger partial charge in [0.1, 0.15) is 5.82 Å². The molecule has 3 rings (SSSR count). The summed E-state index contributed by atoms with van der Waals surface area (Å²) in [6, 6.07) is 10.2. The molecule has 1 fully saturated rings. The molecule has 1 atom stereocenters. The van der Waals surface area contributed by atoms with E-state index in [4.69, 9.17) is 5.84 Å². The molecular weight excluding hydrogens is 252 g/mol. The van der Waals surface area contributed by atoms with Crippen molar-refractivity contribution in [3.05, 3.63) is 35.9 Å². The number of aromatic nitrogens is 1. The van der Waals surface area contributed by atoms with Crippen molar-refractivity contribution in [2.45, 2.75) is 13.0 Å². The summed E-state index contributed by atoms with van der Waals surface area (Å²) in [5.41, 5.74) is 4.74. The fraction of sp³-hybridized carbons (Fsp3) is 0.400. The van der Waals surface area contributed by atoms with Gasteiger partial charge >= 0.3 is 0 Å². The number of aliphatic hydroxyl groups is 1. The number of anilines is 1. The van der Waals surface area contributed by atoms with E-state index in [0.29, 0.717) is 5.92 Å². The third-order valence-corrected chi connectivity index (χ3v) is 3.96. The number of pyridine rings is 1. The number of hydrazine groups is 1. The van der Waals surface area contributed by atoms with Gasteiger partial charge in [-0.2, -0.15) is 0 Å². The molecule has 0 bridgehead atoms. The molecule has 2 aromatic rings. The Bertz CT molecular complexity index is 601. The molecule has 0 aliphatic carbocycles. The number of rotatable bonds is 4. The molecule has 2 heterocycles. The third-order valence-electron chi connectivity index (χ3n) is 3.96. The topological polar surface area (TPSA) is 74.4 Å². The molecule has 5 heteroatoms. The van der Waals surface area contributed by atoms with Gasteiger partial charge in [0.2, 0.25) is 0 Å². The molecule has 0 saturated carbocycles. The summed E-state index contributed by atoms with van der Waals surface area (Å²) < 4.78 is 0. The fourth-order valence-corrected chi connectivity index (χ4v) is 2.85. The van der Waals surface area contributed by atoms with Gasteiger partial charge in [-0.15, -0.1) is 0 Å². The minimum atomic E-state index is 0.272. The van der Waals surface area contributed by atoms with Crippen molar-refractivity contribution >= 4 is 16.7 Å². The van der Waals surface area contributed by atoms with Crippen molar-refractivity contribution in [3.63, 3.8) is 0 Å². The first kappa shape index (κ1) is 13.3. The maximum Gasteiger partial charge on any atom is 0.145 e. The molecule has 4 N–H and O–H groups in total. The number of fused-ring (bicyclic) bond motifs is 1. The standard InChI is InChI=1S/C15H20N4O/c16-18-15-13(9-19-6-5-11(8-19)10-20)7-12-3-1-2-4-14(12)17-15/h1-4,7,11,20H,5-6,8-10,16H2,(H,17,18). The van der Waals surface area contributed by atoms with E-state index in [-0.39, 0.29) is 6.61 Å². The highest BCUT2D eigenvalue weighted by molar-refractivity contribution is 5.81. The summed E-state index contributed by atoms with van der Waals surface area (Å²) in [6.45, 7) is 3.04. The second kappa shape index (κ2) is 5.75. The molecule has 0 spiro atoms. The van der Waals surface area contributed by atoms with Crippen molar-refractivity contribution in [2.24, 2.45) is 11.8 Å². The molecule has 1 saturated heterocycles. The Morgan fingerprint density at radius 3 is 3.00 bits per heavy atom. The average Bonchev–Trinajstić information content (AvgIpc) is 2.94. The quantitative estimate of drug-likeness (QED) is 0.578. The van der Waals surface area contributed by atoms with Crippen LogP contribution in [0, 0.1) is 5.92 Å². The lowest BCUT2D eigenvalue weighted by atomic mass is 10.1. The highest BCUT2D eigenvalue weighted by Gasteiger charge is 2.22. The van der Waals surface area contributed by atoms with E-state index < -0.39 is 0 Å². The number of benzene rings is 1. The monoisotopic (exact) mass is 272 g/mol. The molecular formula is C15H20N4O. The second-order valence-electron chi connectivity index (χ2n) is 5.41. The Morgan fingerprint density at radius 1 is 1.40 bits per heavy atom. The fourth-order valence-electron chi connectivity index (χ4n) is 2.85. The van der Waals surface area contributed by atoms with Crippen LogP contribution in [0.4, 0.5) is 5.82 Å². The molecule has 106 valence electrons. The van der Waals surface area contributed by atoms with E-state index in [1.54, 1.807) is 0 Å². The average molecular weight is 272 g/mol. The van der Waals surface area contributed by atoms with E-state index in [9.17, 15) is 5.11 Å². The first-order chi connectivity index (χ1) is 9.80.